The van der Waals surface area contributed by atoms with E-state index in [1.807, 2.05) is 13.0 Å². The second-order valence-electron chi connectivity index (χ2n) is 6.50. The third kappa shape index (κ3) is 3.20. The molecule has 1 unspecified atom stereocenters. The number of hydrogen-bond acceptors (Lipinski definition) is 5. The Kier molecular flexibility index (Phi) is 4.77. The SMILES string of the molecule is Cc1ccc(C(=O)C2CN(S(=O)(=O)c3ccccc3C)C(N)=C2C#N)cc1. The summed E-state index contributed by atoms with van der Waals surface area (Å²) < 4.78 is 27.1. The molecule has 2 aromatic rings. The lowest BCUT2D eigenvalue weighted by atomic mass is 9.92. The number of sulfonamides is 1. The van der Waals surface area contributed by atoms with Crippen LogP contribution in [0.25, 0.3) is 0 Å². The number of carbonyl (C=O) groups excluding carboxylic acids is 1. The van der Waals surface area contributed by atoms with E-state index >= 15 is 0 Å². The van der Waals surface area contributed by atoms with E-state index in [-0.39, 0.29) is 28.6 Å². The summed E-state index contributed by atoms with van der Waals surface area (Å²) in [4.78, 5) is 13.0. The Labute approximate surface area is 158 Å². The zero-order valence-electron chi connectivity index (χ0n) is 15.0. The van der Waals surface area contributed by atoms with Gasteiger partial charge in [0.05, 0.1) is 29.0 Å². The van der Waals surface area contributed by atoms with Gasteiger partial charge >= 0.3 is 0 Å². The average molecular weight is 381 g/mol. The summed E-state index contributed by atoms with van der Waals surface area (Å²) in [6.45, 7) is 3.40. The molecule has 1 heterocycles. The maximum Gasteiger partial charge on any atom is 0.265 e. The standard InChI is InChI=1S/C20H19N3O3S/c1-13-7-9-15(10-8-13)19(24)17-12-23(20(22)16(17)11-21)27(25,26)18-6-4-3-5-14(18)2/h3-10,17H,12,22H2,1-2H3. The molecule has 0 aromatic heterocycles. The Morgan fingerprint density at radius 2 is 1.78 bits per heavy atom. The van der Waals surface area contributed by atoms with Crippen LogP contribution in [0.4, 0.5) is 0 Å². The van der Waals surface area contributed by atoms with E-state index in [1.165, 1.54) is 6.07 Å². The van der Waals surface area contributed by atoms with Crippen LogP contribution < -0.4 is 5.73 Å². The topological polar surface area (TPSA) is 104 Å². The van der Waals surface area contributed by atoms with Crippen LogP contribution in [0.1, 0.15) is 21.5 Å². The van der Waals surface area contributed by atoms with Gasteiger partial charge in [0, 0.05) is 5.56 Å². The van der Waals surface area contributed by atoms with Crippen molar-refractivity contribution in [1.82, 2.24) is 4.31 Å². The van der Waals surface area contributed by atoms with Crippen LogP contribution in [-0.2, 0) is 10.0 Å². The highest BCUT2D eigenvalue weighted by Crippen LogP contribution is 2.33. The second-order valence-corrected chi connectivity index (χ2v) is 8.33. The molecular weight excluding hydrogens is 362 g/mol. The highest BCUT2D eigenvalue weighted by Gasteiger charge is 2.41. The van der Waals surface area contributed by atoms with Gasteiger partial charge in [-0.2, -0.15) is 5.26 Å². The maximum absolute atomic E-state index is 13.1. The lowest BCUT2D eigenvalue weighted by molar-refractivity contribution is 0.0942. The Bertz CT molecular complexity index is 1080. The molecule has 2 aromatic carbocycles. The third-order valence-electron chi connectivity index (χ3n) is 4.68. The molecule has 138 valence electrons. The summed E-state index contributed by atoms with van der Waals surface area (Å²) in [6, 6.07) is 15.4. The highest BCUT2D eigenvalue weighted by atomic mass is 32.2. The summed E-state index contributed by atoms with van der Waals surface area (Å²) in [5.41, 5.74) is 7.96. The Balaban J connectivity index is 2.01. The van der Waals surface area contributed by atoms with Gasteiger partial charge in [-0.15, -0.1) is 0 Å². The fourth-order valence-electron chi connectivity index (χ4n) is 3.13. The summed E-state index contributed by atoms with van der Waals surface area (Å²) in [7, 11) is -3.97. The van der Waals surface area contributed by atoms with Gasteiger partial charge in [0.1, 0.15) is 5.82 Å². The Hall–Kier alpha value is -3.11. The van der Waals surface area contributed by atoms with Crippen LogP contribution in [0, 0.1) is 31.1 Å². The molecule has 0 fully saturated rings. The van der Waals surface area contributed by atoms with Gasteiger partial charge in [-0.3, -0.25) is 4.79 Å². The third-order valence-corrected chi connectivity index (χ3v) is 6.62. The van der Waals surface area contributed by atoms with E-state index in [0.717, 1.165) is 9.87 Å². The van der Waals surface area contributed by atoms with E-state index in [1.54, 1.807) is 49.4 Å². The van der Waals surface area contributed by atoms with Crippen LogP contribution in [0.3, 0.4) is 0 Å². The van der Waals surface area contributed by atoms with E-state index < -0.39 is 15.9 Å². The highest BCUT2D eigenvalue weighted by molar-refractivity contribution is 7.89. The van der Waals surface area contributed by atoms with E-state index in [2.05, 4.69) is 0 Å². The molecule has 27 heavy (non-hydrogen) atoms. The summed E-state index contributed by atoms with van der Waals surface area (Å²) in [6.07, 6.45) is 0. The largest absolute Gasteiger partial charge is 0.384 e. The number of rotatable bonds is 4. The number of carbonyl (C=O) groups is 1. The molecule has 1 aliphatic rings. The number of aryl methyl sites for hydroxylation is 2. The minimum atomic E-state index is -3.97. The molecule has 1 atom stereocenters. The molecule has 0 amide bonds. The smallest absolute Gasteiger partial charge is 0.265 e. The van der Waals surface area contributed by atoms with Crippen LogP contribution >= 0.6 is 0 Å². The molecule has 0 saturated carbocycles. The fraction of sp³-hybridized carbons (Fsp3) is 0.200. The first-order valence-corrected chi connectivity index (χ1v) is 9.80. The molecule has 0 spiro atoms. The first-order chi connectivity index (χ1) is 12.8. The number of hydrogen-bond donors (Lipinski definition) is 1. The van der Waals surface area contributed by atoms with Crippen LogP contribution in [0.2, 0.25) is 0 Å². The Morgan fingerprint density at radius 3 is 2.37 bits per heavy atom. The van der Waals surface area contributed by atoms with E-state index in [0.29, 0.717) is 11.1 Å². The molecule has 3 rings (SSSR count). The summed E-state index contributed by atoms with van der Waals surface area (Å²) in [5, 5.41) is 9.49. The van der Waals surface area contributed by atoms with Crippen LogP contribution in [-0.4, -0.2) is 25.1 Å². The van der Waals surface area contributed by atoms with Crippen LogP contribution in [0.15, 0.2) is 64.8 Å². The van der Waals surface area contributed by atoms with E-state index in [4.69, 9.17) is 5.73 Å². The zero-order valence-corrected chi connectivity index (χ0v) is 15.8. The predicted molar refractivity (Wildman–Crippen MR) is 101 cm³/mol. The lowest BCUT2D eigenvalue weighted by Gasteiger charge is -2.21. The first-order valence-electron chi connectivity index (χ1n) is 8.36. The molecule has 0 saturated heterocycles. The summed E-state index contributed by atoms with van der Waals surface area (Å²) in [5.74, 6) is -1.43. The Morgan fingerprint density at radius 1 is 1.15 bits per heavy atom. The van der Waals surface area contributed by atoms with Crippen molar-refractivity contribution in [1.29, 1.82) is 5.26 Å². The van der Waals surface area contributed by atoms with Crippen molar-refractivity contribution in [2.45, 2.75) is 18.7 Å². The molecule has 0 bridgehead atoms. The minimum absolute atomic E-state index is 0.0160. The average Bonchev–Trinajstić information content (AvgIpc) is 2.99. The van der Waals surface area contributed by atoms with Crippen molar-refractivity contribution in [3.05, 3.63) is 76.6 Å². The number of Topliss-reactive ketones (excluding diaryl/α,β-unsaturated/α-hetero) is 1. The van der Waals surface area contributed by atoms with Crippen molar-refractivity contribution >= 4 is 15.8 Å². The second kappa shape index (κ2) is 6.89. The molecule has 2 N–H and O–H groups in total. The monoisotopic (exact) mass is 381 g/mol. The molecular formula is C20H19N3O3S. The molecule has 6 nitrogen and oxygen atoms in total. The molecule has 7 heteroatoms. The molecule has 1 aliphatic heterocycles. The van der Waals surface area contributed by atoms with Crippen LogP contribution in [0.5, 0.6) is 0 Å². The summed E-state index contributed by atoms with van der Waals surface area (Å²) >= 11 is 0. The lowest BCUT2D eigenvalue weighted by Crippen LogP contribution is -2.34. The molecule has 0 aliphatic carbocycles. The maximum atomic E-state index is 13.1. The van der Waals surface area contributed by atoms with Gasteiger partial charge in [-0.05, 0) is 25.5 Å². The van der Waals surface area contributed by atoms with E-state index in [9.17, 15) is 18.5 Å². The van der Waals surface area contributed by atoms with Crippen molar-refractivity contribution < 1.29 is 13.2 Å². The van der Waals surface area contributed by atoms with Gasteiger partial charge in [-0.1, -0.05) is 48.0 Å². The number of benzene rings is 2. The first kappa shape index (κ1) is 18.7. The number of nitriles is 1. The number of nitrogens with zero attached hydrogens (tertiary/aromatic N) is 2. The van der Waals surface area contributed by atoms with Crippen molar-refractivity contribution in [2.75, 3.05) is 6.54 Å². The molecule has 0 radical (unpaired) electrons. The minimum Gasteiger partial charge on any atom is -0.384 e. The number of ketones is 1. The van der Waals surface area contributed by atoms with Gasteiger partial charge in [0.2, 0.25) is 0 Å². The zero-order chi connectivity index (χ0) is 19.8. The fourth-order valence-corrected chi connectivity index (χ4v) is 4.79. The number of nitrogens with two attached hydrogens (primary N) is 1. The van der Waals surface area contributed by atoms with Crippen molar-refractivity contribution in [2.24, 2.45) is 11.7 Å². The van der Waals surface area contributed by atoms with Crippen molar-refractivity contribution in [3.8, 4) is 6.07 Å². The van der Waals surface area contributed by atoms with Gasteiger partial charge < -0.3 is 5.73 Å². The van der Waals surface area contributed by atoms with Crippen molar-refractivity contribution in [3.63, 3.8) is 0 Å². The quantitative estimate of drug-likeness (QED) is 0.820. The van der Waals surface area contributed by atoms with Gasteiger partial charge in [-0.25, -0.2) is 12.7 Å². The van der Waals surface area contributed by atoms with Gasteiger partial charge in [0.25, 0.3) is 10.0 Å². The van der Waals surface area contributed by atoms with Gasteiger partial charge in [0.15, 0.2) is 5.78 Å². The normalized spacial score (nSPS) is 17.1. The predicted octanol–water partition coefficient (Wildman–Crippen LogP) is 2.50.